The van der Waals surface area contributed by atoms with Crippen LogP contribution in [0.5, 0.6) is 0 Å². The molecule has 1 aromatic rings. The van der Waals surface area contributed by atoms with Gasteiger partial charge in [-0.05, 0) is 27.1 Å². The molecule has 0 atom stereocenters. The molecule has 1 amide bonds. The molecule has 1 aromatic heterocycles. The lowest BCUT2D eigenvalue weighted by Gasteiger charge is -2.17. The Morgan fingerprint density at radius 3 is 2.56 bits per heavy atom. The normalized spacial score (nSPS) is 10.7. The molecule has 0 fully saturated rings. The van der Waals surface area contributed by atoms with Gasteiger partial charge in [0.1, 0.15) is 10.7 Å². The van der Waals surface area contributed by atoms with Crippen LogP contribution in [-0.2, 0) is 0 Å². The molecule has 0 aliphatic heterocycles. The molecule has 0 spiro atoms. The highest BCUT2D eigenvalue weighted by molar-refractivity contribution is 7.18. The number of nitrogen functional groups attached to an aromatic ring is 1. The summed E-state index contributed by atoms with van der Waals surface area (Å²) in [5, 5.41) is 3.55. The van der Waals surface area contributed by atoms with Gasteiger partial charge in [0.2, 0.25) is 0 Å². The van der Waals surface area contributed by atoms with Crippen molar-refractivity contribution in [1.29, 1.82) is 0 Å². The van der Waals surface area contributed by atoms with E-state index >= 15 is 0 Å². The third-order valence-electron chi connectivity index (χ3n) is 2.51. The second-order valence-electron chi connectivity index (χ2n) is 4.37. The number of hydrogen-bond donors (Lipinski definition) is 2. The third-order valence-corrected chi connectivity index (χ3v) is 3.58. The van der Waals surface area contributed by atoms with Crippen molar-refractivity contribution < 1.29 is 4.79 Å². The molecule has 0 aliphatic rings. The molecule has 1 rings (SSSR count). The number of aromatic nitrogens is 1. The second-order valence-corrected chi connectivity index (χ2v) is 5.37. The van der Waals surface area contributed by atoms with Gasteiger partial charge in [0.05, 0.1) is 0 Å². The van der Waals surface area contributed by atoms with E-state index < -0.39 is 0 Å². The minimum Gasteiger partial charge on any atom is -0.382 e. The van der Waals surface area contributed by atoms with Gasteiger partial charge in [-0.25, -0.2) is 4.98 Å². The van der Waals surface area contributed by atoms with Crippen LogP contribution in [0.3, 0.4) is 0 Å². The zero-order valence-corrected chi connectivity index (χ0v) is 12.2. The van der Waals surface area contributed by atoms with Crippen LogP contribution >= 0.6 is 11.3 Å². The fraction of sp³-hybridized carbons (Fsp3) is 0.636. The van der Waals surface area contributed by atoms with E-state index in [1.807, 2.05) is 14.1 Å². The predicted molar refractivity (Wildman–Crippen MR) is 76.2 cm³/mol. The monoisotopic (exact) mass is 271 g/mol. The lowest BCUT2D eigenvalue weighted by Crippen LogP contribution is -2.29. The topological polar surface area (TPSA) is 74.5 Å². The molecule has 7 heteroatoms. The van der Waals surface area contributed by atoms with E-state index in [1.165, 1.54) is 11.3 Å². The molecular weight excluding hydrogens is 250 g/mol. The predicted octanol–water partition coefficient (Wildman–Crippen LogP) is 0.791. The zero-order valence-electron chi connectivity index (χ0n) is 11.4. The van der Waals surface area contributed by atoms with Gasteiger partial charge in [0.15, 0.2) is 5.13 Å². The molecular formula is C11H21N5OS. The Balaban J connectivity index is 2.59. The van der Waals surface area contributed by atoms with Crippen molar-refractivity contribution in [1.82, 2.24) is 14.8 Å². The molecule has 0 saturated heterocycles. The standard InChI is InChI=1S/C11H21N5OS/c1-13-11-14-9(12)8(18-11)10(17)16(4)7-5-6-15(2)3/h5-7,12H2,1-4H3,(H,13,14). The molecule has 0 unspecified atom stereocenters. The summed E-state index contributed by atoms with van der Waals surface area (Å²) in [6.07, 6.45) is 0.937. The molecule has 6 nitrogen and oxygen atoms in total. The van der Waals surface area contributed by atoms with Gasteiger partial charge in [-0.15, -0.1) is 0 Å². The van der Waals surface area contributed by atoms with Crippen molar-refractivity contribution in [2.75, 3.05) is 52.3 Å². The van der Waals surface area contributed by atoms with Crippen LogP contribution in [-0.4, -0.2) is 62.0 Å². The average molecular weight is 271 g/mol. The molecule has 0 aromatic carbocycles. The summed E-state index contributed by atoms with van der Waals surface area (Å²) in [6, 6.07) is 0. The summed E-state index contributed by atoms with van der Waals surface area (Å²) in [6.45, 7) is 1.67. The van der Waals surface area contributed by atoms with Crippen LogP contribution in [0.15, 0.2) is 0 Å². The highest BCUT2D eigenvalue weighted by atomic mass is 32.1. The number of carbonyl (C=O) groups is 1. The minimum atomic E-state index is -0.0646. The summed E-state index contributed by atoms with van der Waals surface area (Å²) in [5.41, 5.74) is 5.74. The number of nitrogens with zero attached hydrogens (tertiary/aromatic N) is 3. The lowest BCUT2D eigenvalue weighted by molar-refractivity contribution is 0.0796. The minimum absolute atomic E-state index is 0.0646. The summed E-state index contributed by atoms with van der Waals surface area (Å²) in [7, 11) is 7.58. The van der Waals surface area contributed by atoms with Crippen LogP contribution in [0.2, 0.25) is 0 Å². The number of nitrogens with one attached hydrogen (secondary N) is 1. The molecule has 102 valence electrons. The van der Waals surface area contributed by atoms with Crippen molar-refractivity contribution in [2.45, 2.75) is 6.42 Å². The van der Waals surface area contributed by atoms with Crippen molar-refractivity contribution in [3.63, 3.8) is 0 Å². The highest BCUT2D eigenvalue weighted by Gasteiger charge is 2.19. The van der Waals surface area contributed by atoms with Gasteiger partial charge in [-0.1, -0.05) is 11.3 Å². The van der Waals surface area contributed by atoms with Gasteiger partial charge in [0.25, 0.3) is 5.91 Å². The molecule has 0 saturated carbocycles. The zero-order chi connectivity index (χ0) is 13.7. The summed E-state index contributed by atoms with van der Waals surface area (Å²) >= 11 is 1.29. The van der Waals surface area contributed by atoms with Gasteiger partial charge >= 0.3 is 0 Å². The number of amides is 1. The molecule has 0 radical (unpaired) electrons. The number of rotatable bonds is 6. The number of nitrogens with two attached hydrogens (primary N) is 1. The summed E-state index contributed by atoms with van der Waals surface area (Å²) in [4.78, 5) is 20.5. The maximum absolute atomic E-state index is 12.1. The second kappa shape index (κ2) is 6.55. The van der Waals surface area contributed by atoms with E-state index in [2.05, 4.69) is 15.2 Å². The van der Waals surface area contributed by atoms with Crippen molar-refractivity contribution in [3.8, 4) is 0 Å². The maximum Gasteiger partial charge on any atom is 0.267 e. The third kappa shape index (κ3) is 3.85. The van der Waals surface area contributed by atoms with Crippen LogP contribution in [0.25, 0.3) is 0 Å². The quantitative estimate of drug-likeness (QED) is 0.800. The molecule has 0 bridgehead atoms. The Morgan fingerprint density at radius 1 is 1.39 bits per heavy atom. The highest BCUT2D eigenvalue weighted by Crippen LogP contribution is 2.25. The summed E-state index contributed by atoms with van der Waals surface area (Å²) < 4.78 is 0. The van der Waals surface area contributed by atoms with E-state index in [9.17, 15) is 4.79 Å². The van der Waals surface area contributed by atoms with E-state index in [0.717, 1.165) is 13.0 Å². The fourth-order valence-electron chi connectivity index (χ4n) is 1.49. The SMILES string of the molecule is CNc1nc(N)c(C(=O)N(C)CCCN(C)C)s1. The Kier molecular flexibility index (Phi) is 5.36. The van der Waals surface area contributed by atoms with E-state index in [1.54, 1.807) is 19.0 Å². The van der Waals surface area contributed by atoms with E-state index in [4.69, 9.17) is 5.73 Å². The Labute approximate surface area is 112 Å². The first-order valence-electron chi connectivity index (χ1n) is 5.80. The van der Waals surface area contributed by atoms with Crippen molar-refractivity contribution in [3.05, 3.63) is 4.88 Å². The number of anilines is 2. The van der Waals surface area contributed by atoms with Gasteiger partial charge in [0, 0.05) is 20.6 Å². The first-order valence-corrected chi connectivity index (χ1v) is 6.61. The number of thiazole rings is 1. The van der Waals surface area contributed by atoms with Gasteiger partial charge in [-0.3, -0.25) is 4.79 Å². The largest absolute Gasteiger partial charge is 0.382 e. The lowest BCUT2D eigenvalue weighted by atomic mass is 10.3. The van der Waals surface area contributed by atoms with Crippen LogP contribution in [0, 0.1) is 0 Å². The average Bonchev–Trinajstić information content (AvgIpc) is 2.69. The molecule has 0 aliphatic carbocycles. The van der Waals surface area contributed by atoms with Gasteiger partial charge < -0.3 is 20.9 Å². The van der Waals surface area contributed by atoms with Gasteiger partial charge in [-0.2, -0.15) is 0 Å². The van der Waals surface area contributed by atoms with Crippen molar-refractivity contribution in [2.24, 2.45) is 0 Å². The molecule has 18 heavy (non-hydrogen) atoms. The fourth-order valence-corrected chi connectivity index (χ4v) is 2.32. The van der Waals surface area contributed by atoms with E-state index in [0.29, 0.717) is 22.4 Å². The summed E-state index contributed by atoms with van der Waals surface area (Å²) in [5.74, 6) is 0.235. The van der Waals surface area contributed by atoms with E-state index in [-0.39, 0.29) is 5.91 Å². The number of hydrogen-bond acceptors (Lipinski definition) is 6. The Bertz CT molecular complexity index is 404. The van der Waals surface area contributed by atoms with Crippen LogP contribution < -0.4 is 11.1 Å². The maximum atomic E-state index is 12.1. The van der Waals surface area contributed by atoms with Crippen molar-refractivity contribution >= 4 is 28.2 Å². The molecule has 3 N–H and O–H groups in total. The van der Waals surface area contributed by atoms with Crippen LogP contribution in [0.4, 0.5) is 10.9 Å². The first-order chi connectivity index (χ1) is 8.45. The smallest absolute Gasteiger partial charge is 0.267 e. The first kappa shape index (κ1) is 14.7. The Morgan fingerprint density at radius 2 is 2.06 bits per heavy atom. The number of carbonyl (C=O) groups excluding carboxylic acids is 1. The van der Waals surface area contributed by atoms with Crippen LogP contribution in [0.1, 0.15) is 16.1 Å². The molecule has 1 heterocycles. The Hall–Kier alpha value is -1.34.